The van der Waals surface area contributed by atoms with E-state index in [0.29, 0.717) is 12.5 Å². The van der Waals surface area contributed by atoms with E-state index in [9.17, 15) is 4.79 Å². The van der Waals surface area contributed by atoms with Gasteiger partial charge in [-0.15, -0.1) is 0 Å². The highest BCUT2D eigenvalue weighted by Crippen LogP contribution is 2.45. The lowest BCUT2D eigenvalue weighted by atomic mass is 10.2. The van der Waals surface area contributed by atoms with Gasteiger partial charge in [-0.1, -0.05) is 19.9 Å². The summed E-state index contributed by atoms with van der Waals surface area (Å²) in [6, 6.07) is 1.08. The molecule has 1 aliphatic rings. The number of nitrogens with one attached hydrogen (secondary N) is 1. The van der Waals surface area contributed by atoms with Gasteiger partial charge in [-0.3, -0.25) is 0 Å². The van der Waals surface area contributed by atoms with Gasteiger partial charge in [-0.2, -0.15) is 0 Å². The van der Waals surface area contributed by atoms with Gasteiger partial charge in [-0.05, 0) is 25.3 Å². The molecule has 1 fully saturated rings. The van der Waals surface area contributed by atoms with Crippen LogP contribution >= 0.6 is 0 Å². The van der Waals surface area contributed by atoms with Gasteiger partial charge in [0.25, 0.3) is 0 Å². The molecule has 1 amide bonds. The molecule has 0 saturated heterocycles. The van der Waals surface area contributed by atoms with E-state index >= 15 is 0 Å². The summed E-state index contributed by atoms with van der Waals surface area (Å²) < 4.78 is 5.08. The summed E-state index contributed by atoms with van der Waals surface area (Å²) in [4.78, 5) is 11.3. The Hall–Kier alpha value is -0.513. The molecule has 1 aliphatic carbocycles. The van der Waals surface area contributed by atoms with E-state index in [2.05, 4.69) is 25.7 Å². The Labute approximate surface area is 88.4 Å². The molecule has 0 aromatic heterocycles. The molecule has 0 spiro atoms. The second-order valence-corrected chi connectivity index (χ2v) is 6.05. The van der Waals surface area contributed by atoms with Crippen LogP contribution in [0.15, 0.2) is 0 Å². The standard InChI is InChI=1S/C10H21NO2Si/c1-4-8-7-10(8,2)11-9(12)13-5-6-14-3/h8H,4-7,14H2,1-3H3,(H,11,12). The van der Waals surface area contributed by atoms with Gasteiger partial charge >= 0.3 is 6.09 Å². The van der Waals surface area contributed by atoms with Crippen LogP contribution in [0.5, 0.6) is 0 Å². The van der Waals surface area contributed by atoms with Crippen LogP contribution in [0.2, 0.25) is 12.6 Å². The predicted octanol–water partition coefficient (Wildman–Crippen LogP) is 1.54. The first-order valence-corrected chi connectivity index (χ1v) is 7.98. The van der Waals surface area contributed by atoms with Crippen molar-refractivity contribution in [2.24, 2.45) is 5.92 Å². The van der Waals surface area contributed by atoms with E-state index in [4.69, 9.17) is 4.74 Å². The maximum absolute atomic E-state index is 11.3. The molecule has 1 saturated carbocycles. The lowest BCUT2D eigenvalue weighted by molar-refractivity contribution is 0.146. The van der Waals surface area contributed by atoms with Gasteiger partial charge in [0.1, 0.15) is 0 Å². The van der Waals surface area contributed by atoms with E-state index in [0.717, 1.165) is 18.9 Å². The molecule has 82 valence electrons. The quantitative estimate of drug-likeness (QED) is 0.558. The monoisotopic (exact) mass is 215 g/mol. The average molecular weight is 215 g/mol. The number of rotatable bonds is 5. The van der Waals surface area contributed by atoms with Gasteiger partial charge in [0.2, 0.25) is 0 Å². The van der Waals surface area contributed by atoms with Crippen LogP contribution in [-0.4, -0.2) is 27.8 Å². The number of alkyl carbamates (subject to hydrolysis) is 1. The molecule has 0 aromatic rings. The van der Waals surface area contributed by atoms with Crippen molar-refractivity contribution in [2.75, 3.05) is 6.61 Å². The first kappa shape index (κ1) is 11.6. The van der Waals surface area contributed by atoms with Crippen molar-refractivity contribution >= 4 is 15.6 Å². The van der Waals surface area contributed by atoms with E-state index in [1.807, 2.05) is 0 Å². The summed E-state index contributed by atoms with van der Waals surface area (Å²) in [6.45, 7) is 7.07. The summed E-state index contributed by atoms with van der Waals surface area (Å²) in [5.41, 5.74) is 0.0233. The fraction of sp³-hybridized carbons (Fsp3) is 0.900. The zero-order valence-electron chi connectivity index (χ0n) is 9.43. The molecular formula is C10H21NO2Si. The number of carbonyl (C=O) groups excluding carboxylic acids is 1. The minimum absolute atomic E-state index is 0.0233. The Morgan fingerprint density at radius 3 is 2.93 bits per heavy atom. The Kier molecular flexibility index (Phi) is 3.98. The number of amides is 1. The molecule has 14 heavy (non-hydrogen) atoms. The Bertz CT molecular complexity index is 210. The number of ether oxygens (including phenoxy) is 1. The van der Waals surface area contributed by atoms with E-state index in [1.165, 1.54) is 0 Å². The molecule has 1 rings (SSSR count). The third-order valence-electron chi connectivity index (χ3n) is 3.02. The van der Waals surface area contributed by atoms with Crippen molar-refractivity contribution in [3.05, 3.63) is 0 Å². The highest BCUT2D eigenvalue weighted by molar-refractivity contribution is 6.33. The third kappa shape index (κ3) is 3.01. The maximum atomic E-state index is 11.3. The van der Waals surface area contributed by atoms with Crippen molar-refractivity contribution in [3.8, 4) is 0 Å². The molecule has 0 bridgehead atoms. The third-order valence-corrected chi connectivity index (χ3v) is 4.02. The van der Waals surface area contributed by atoms with Crippen LogP contribution in [0.25, 0.3) is 0 Å². The number of carbonyl (C=O) groups is 1. The van der Waals surface area contributed by atoms with Crippen molar-refractivity contribution in [1.82, 2.24) is 5.32 Å². The molecule has 4 heteroatoms. The average Bonchev–Trinajstić information content (AvgIpc) is 2.77. The number of hydrogen-bond donors (Lipinski definition) is 1. The van der Waals surface area contributed by atoms with Crippen LogP contribution in [0.1, 0.15) is 26.7 Å². The van der Waals surface area contributed by atoms with E-state index in [1.54, 1.807) is 0 Å². The summed E-state index contributed by atoms with van der Waals surface area (Å²) in [7, 11) is 0.0250. The normalized spacial score (nSPS) is 30.6. The second kappa shape index (κ2) is 4.82. The maximum Gasteiger partial charge on any atom is 0.407 e. The van der Waals surface area contributed by atoms with Crippen molar-refractivity contribution in [2.45, 2.75) is 44.8 Å². The largest absolute Gasteiger partial charge is 0.450 e. The molecule has 3 nitrogen and oxygen atoms in total. The van der Waals surface area contributed by atoms with Gasteiger partial charge < -0.3 is 10.1 Å². The zero-order chi connectivity index (χ0) is 10.6. The fourth-order valence-electron chi connectivity index (χ4n) is 1.78. The minimum Gasteiger partial charge on any atom is -0.450 e. The molecule has 0 radical (unpaired) electrons. The summed E-state index contributed by atoms with van der Waals surface area (Å²) in [5.74, 6) is 0.649. The van der Waals surface area contributed by atoms with Crippen LogP contribution < -0.4 is 5.32 Å². The topological polar surface area (TPSA) is 38.3 Å². The lowest BCUT2D eigenvalue weighted by Gasteiger charge is -2.13. The van der Waals surface area contributed by atoms with Gasteiger partial charge in [0, 0.05) is 15.1 Å². The number of hydrogen-bond acceptors (Lipinski definition) is 2. The van der Waals surface area contributed by atoms with Gasteiger partial charge in [0.05, 0.1) is 6.61 Å². The molecule has 0 heterocycles. The first-order valence-electron chi connectivity index (χ1n) is 5.57. The first-order chi connectivity index (χ1) is 6.62. The van der Waals surface area contributed by atoms with Crippen LogP contribution in [0.3, 0.4) is 0 Å². The summed E-state index contributed by atoms with van der Waals surface area (Å²) in [5, 5.41) is 2.94. The molecule has 0 aliphatic heterocycles. The minimum atomic E-state index is -0.231. The summed E-state index contributed by atoms with van der Waals surface area (Å²) in [6.07, 6.45) is 2.01. The fourth-order valence-corrected chi connectivity index (χ4v) is 2.21. The Balaban J connectivity index is 2.15. The van der Waals surface area contributed by atoms with Crippen molar-refractivity contribution in [1.29, 1.82) is 0 Å². The molecular weight excluding hydrogens is 194 g/mol. The van der Waals surface area contributed by atoms with Crippen LogP contribution in [0, 0.1) is 5.92 Å². The van der Waals surface area contributed by atoms with Gasteiger partial charge in [0.15, 0.2) is 0 Å². The van der Waals surface area contributed by atoms with Crippen LogP contribution in [-0.2, 0) is 4.74 Å². The second-order valence-electron chi connectivity index (χ2n) is 4.34. The van der Waals surface area contributed by atoms with Crippen LogP contribution in [0.4, 0.5) is 4.79 Å². The zero-order valence-corrected chi connectivity index (χ0v) is 10.8. The van der Waals surface area contributed by atoms with Crippen molar-refractivity contribution in [3.63, 3.8) is 0 Å². The highest BCUT2D eigenvalue weighted by Gasteiger charge is 2.50. The highest BCUT2D eigenvalue weighted by atomic mass is 28.2. The summed E-state index contributed by atoms with van der Waals surface area (Å²) >= 11 is 0. The predicted molar refractivity (Wildman–Crippen MR) is 60.5 cm³/mol. The van der Waals surface area contributed by atoms with Gasteiger partial charge in [-0.25, -0.2) is 4.79 Å². The molecule has 1 N–H and O–H groups in total. The Morgan fingerprint density at radius 2 is 2.43 bits per heavy atom. The lowest BCUT2D eigenvalue weighted by Crippen LogP contribution is -2.36. The smallest absolute Gasteiger partial charge is 0.407 e. The van der Waals surface area contributed by atoms with E-state index in [-0.39, 0.29) is 21.2 Å². The molecule has 0 aromatic carbocycles. The Morgan fingerprint density at radius 1 is 1.71 bits per heavy atom. The molecule has 2 unspecified atom stereocenters. The molecule has 2 atom stereocenters. The van der Waals surface area contributed by atoms with Crippen molar-refractivity contribution < 1.29 is 9.53 Å². The SMILES string of the molecule is CCC1CC1(C)NC(=O)OCC[SiH2]C. The van der Waals surface area contributed by atoms with E-state index < -0.39 is 0 Å².